The van der Waals surface area contributed by atoms with Gasteiger partial charge in [0, 0.05) is 5.92 Å². The minimum atomic E-state index is -0.820. The Bertz CT molecular complexity index is 348. The maximum absolute atomic E-state index is 12.3. The topological polar surface area (TPSA) is 87.7 Å². The molecule has 5 nitrogen and oxygen atoms in total. The molecular formula is C13H25N3O2. The quantitative estimate of drug-likeness (QED) is 0.311. The number of rotatable bonds is 3. The van der Waals surface area contributed by atoms with Gasteiger partial charge < -0.3 is 16.3 Å². The molecule has 104 valence electrons. The molecule has 1 saturated carbocycles. The van der Waals surface area contributed by atoms with Crippen LogP contribution in [0.3, 0.4) is 0 Å². The smallest absolute Gasteiger partial charge is 0.224 e. The van der Waals surface area contributed by atoms with E-state index in [-0.39, 0.29) is 23.1 Å². The lowest BCUT2D eigenvalue weighted by molar-refractivity contribution is -0.131. The fourth-order valence-electron chi connectivity index (χ4n) is 2.56. The molecular weight excluding hydrogens is 230 g/mol. The molecule has 1 fully saturated rings. The van der Waals surface area contributed by atoms with E-state index >= 15 is 0 Å². The first kappa shape index (κ1) is 14.8. The zero-order chi connectivity index (χ0) is 14.0. The highest BCUT2D eigenvalue weighted by Crippen LogP contribution is 2.40. The monoisotopic (exact) mass is 255 g/mol. The summed E-state index contributed by atoms with van der Waals surface area (Å²) < 4.78 is 0. The molecule has 0 aromatic rings. The zero-order valence-electron chi connectivity index (χ0n) is 11.8. The Morgan fingerprint density at radius 3 is 2.56 bits per heavy atom. The number of nitrogens with zero attached hydrogens (tertiary/aromatic N) is 1. The van der Waals surface area contributed by atoms with E-state index in [0.717, 1.165) is 19.3 Å². The predicted octanol–water partition coefficient (Wildman–Crippen LogP) is 1.84. The third kappa shape index (κ3) is 3.15. The number of carbonyl (C=O) groups is 1. The number of oxime groups is 1. The van der Waals surface area contributed by atoms with Crippen LogP contribution in [0, 0.1) is 11.3 Å². The molecule has 0 saturated heterocycles. The van der Waals surface area contributed by atoms with E-state index in [2.05, 4.69) is 24.3 Å². The van der Waals surface area contributed by atoms with Crippen molar-refractivity contribution in [2.75, 3.05) is 0 Å². The molecule has 1 aliphatic carbocycles. The molecule has 1 amide bonds. The van der Waals surface area contributed by atoms with Gasteiger partial charge in [0.2, 0.25) is 5.91 Å². The van der Waals surface area contributed by atoms with Crippen LogP contribution in [0.15, 0.2) is 5.16 Å². The molecule has 1 rings (SSSR count). The highest BCUT2D eigenvalue weighted by Gasteiger charge is 2.39. The highest BCUT2D eigenvalue weighted by molar-refractivity contribution is 5.93. The van der Waals surface area contributed by atoms with Crippen molar-refractivity contribution >= 4 is 11.7 Å². The zero-order valence-corrected chi connectivity index (χ0v) is 11.8. The molecule has 0 bridgehead atoms. The molecule has 0 spiro atoms. The third-order valence-electron chi connectivity index (χ3n) is 4.01. The van der Waals surface area contributed by atoms with E-state index in [1.165, 1.54) is 6.42 Å². The average molecular weight is 255 g/mol. The van der Waals surface area contributed by atoms with Crippen molar-refractivity contribution in [3.63, 3.8) is 0 Å². The van der Waals surface area contributed by atoms with Gasteiger partial charge in [-0.05, 0) is 32.1 Å². The fourth-order valence-corrected chi connectivity index (χ4v) is 2.56. The van der Waals surface area contributed by atoms with Gasteiger partial charge in [0.1, 0.15) is 0 Å². The van der Waals surface area contributed by atoms with Crippen molar-refractivity contribution in [2.45, 2.75) is 58.9 Å². The van der Waals surface area contributed by atoms with Crippen LogP contribution in [0.1, 0.15) is 53.4 Å². The van der Waals surface area contributed by atoms with Gasteiger partial charge in [-0.25, -0.2) is 0 Å². The van der Waals surface area contributed by atoms with E-state index < -0.39 is 5.54 Å². The van der Waals surface area contributed by atoms with Crippen molar-refractivity contribution in [3.8, 4) is 0 Å². The first-order valence-corrected chi connectivity index (χ1v) is 6.51. The molecule has 5 heteroatoms. The van der Waals surface area contributed by atoms with Crippen LogP contribution in [-0.4, -0.2) is 22.5 Å². The second-order valence-corrected chi connectivity index (χ2v) is 6.39. The molecule has 1 aliphatic rings. The van der Waals surface area contributed by atoms with Crippen molar-refractivity contribution in [3.05, 3.63) is 0 Å². The Morgan fingerprint density at radius 2 is 2.06 bits per heavy atom. The Kier molecular flexibility index (Phi) is 4.24. The van der Waals surface area contributed by atoms with Gasteiger partial charge in [0.25, 0.3) is 0 Å². The SMILES string of the molecule is CC(C)(NC(=O)C1CCCCC1(C)C)C(N)=NO. The van der Waals surface area contributed by atoms with Gasteiger partial charge >= 0.3 is 0 Å². The van der Waals surface area contributed by atoms with Crippen LogP contribution in [-0.2, 0) is 4.79 Å². The van der Waals surface area contributed by atoms with E-state index in [4.69, 9.17) is 10.9 Å². The number of amides is 1. The van der Waals surface area contributed by atoms with E-state index in [9.17, 15) is 4.79 Å². The molecule has 0 aromatic heterocycles. The number of hydrogen-bond donors (Lipinski definition) is 3. The van der Waals surface area contributed by atoms with E-state index in [1.54, 1.807) is 13.8 Å². The van der Waals surface area contributed by atoms with Gasteiger partial charge in [0.05, 0.1) is 5.54 Å². The normalized spacial score (nSPS) is 24.7. The minimum Gasteiger partial charge on any atom is -0.409 e. The summed E-state index contributed by atoms with van der Waals surface area (Å²) in [5, 5.41) is 14.6. The van der Waals surface area contributed by atoms with E-state index in [1.807, 2.05) is 0 Å². The van der Waals surface area contributed by atoms with Crippen LogP contribution in [0.5, 0.6) is 0 Å². The Morgan fingerprint density at radius 1 is 1.44 bits per heavy atom. The maximum atomic E-state index is 12.3. The Balaban J connectivity index is 2.76. The van der Waals surface area contributed by atoms with Gasteiger partial charge in [0.15, 0.2) is 5.84 Å². The number of nitrogens with two attached hydrogens (primary N) is 1. The lowest BCUT2D eigenvalue weighted by Crippen LogP contribution is -2.56. The highest BCUT2D eigenvalue weighted by atomic mass is 16.4. The van der Waals surface area contributed by atoms with Gasteiger partial charge in [-0.15, -0.1) is 0 Å². The van der Waals surface area contributed by atoms with E-state index in [0.29, 0.717) is 0 Å². The van der Waals surface area contributed by atoms with Crippen molar-refractivity contribution in [1.29, 1.82) is 0 Å². The van der Waals surface area contributed by atoms with Crippen molar-refractivity contribution in [1.82, 2.24) is 5.32 Å². The first-order valence-electron chi connectivity index (χ1n) is 6.51. The molecule has 4 N–H and O–H groups in total. The second-order valence-electron chi connectivity index (χ2n) is 6.39. The van der Waals surface area contributed by atoms with Crippen molar-refractivity contribution < 1.29 is 10.0 Å². The predicted molar refractivity (Wildman–Crippen MR) is 71.4 cm³/mol. The summed E-state index contributed by atoms with van der Waals surface area (Å²) in [6, 6.07) is 0. The summed E-state index contributed by atoms with van der Waals surface area (Å²) in [6.45, 7) is 7.73. The number of nitrogens with one attached hydrogen (secondary N) is 1. The third-order valence-corrected chi connectivity index (χ3v) is 4.01. The standard InChI is InChI=1S/C13H25N3O2/c1-12(2)8-6-5-7-9(12)10(17)15-13(3,4)11(14)16-18/h9,18H,5-8H2,1-4H3,(H2,14,16)(H,15,17). The van der Waals surface area contributed by atoms with Crippen LogP contribution in [0.4, 0.5) is 0 Å². The molecule has 0 heterocycles. The fraction of sp³-hybridized carbons (Fsp3) is 0.846. The van der Waals surface area contributed by atoms with Crippen LogP contribution < -0.4 is 11.1 Å². The summed E-state index contributed by atoms with van der Waals surface area (Å²) in [7, 11) is 0. The number of carbonyl (C=O) groups excluding carboxylic acids is 1. The van der Waals surface area contributed by atoms with Crippen LogP contribution in [0.2, 0.25) is 0 Å². The molecule has 1 atom stereocenters. The molecule has 0 aromatic carbocycles. The Labute approximate surface area is 109 Å². The largest absolute Gasteiger partial charge is 0.409 e. The minimum absolute atomic E-state index is 0.00276. The number of hydrogen-bond acceptors (Lipinski definition) is 3. The Hall–Kier alpha value is -1.26. The maximum Gasteiger partial charge on any atom is 0.224 e. The molecule has 0 radical (unpaired) electrons. The van der Waals surface area contributed by atoms with Gasteiger partial charge in [-0.1, -0.05) is 31.8 Å². The lowest BCUT2D eigenvalue weighted by atomic mass is 9.68. The summed E-state index contributed by atoms with van der Waals surface area (Å²) in [5.74, 6) is 0.0118. The van der Waals surface area contributed by atoms with Gasteiger partial charge in [-0.2, -0.15) is 0 Å². The average Bonchev–Trinajstić information content (AvgIpc) is 2.26. The summed E-state index contributed by atoms with van der Waals surface area (Å²) in [5.41, 5.74) is 4.78. The summed E-state index contributed by atoms with van der Waals surface area (Å²) in [6.07, 6.45) is 4.24. The molecule has 1 unspecified atom stereocenters. The second kappa shape index (κ2) is 5.16. The first-order chi connectivity index (χ1) is 8.20. The molecule has 18 heavy (non-hydrogen) atoms. The number of amidine groups is 1. The van der Waals surface area contributed by atoms with Crippen molar-refractivity contribution in [2.24, 2.45) is 22.2 Å². The summed E-state index contributed by atoms with van der Waals surface area (Å²) >= 11 is 0. The van der Waals surface area contributed by atoms with Crippen LogP contribution >= 0.6 is 0 Å². The molecule has 0 aliphatic heterocycles. The lowest BCUT2D eigenvalue weighted by Gasteiger charge is -2.39. The summed E-state index contributed by atoms with van der Waals surface area (Å²) in [4.78, 5) is 12.3. The van der Waals surface area contributed by atoms with Gasteiger partial charge in [-0.3, -0.25) is 4.79 Å². The van der Waals surface area contributed by atoms with Crippen LogP contribution in [0.25, 0.3) is 0 Å².